The van der Waals surface area contributed by atoms with Gasteiger partial charge in [0.25, 0.3) is 5.91 Å². The summed E-state index contributed by atoms with van der Waals surface area (Å²) in [4.78, 5) is 11.9. The minimum Gasteiger partial charge on any atom is -0.348 e. The first-order chi connectivity index (χ1) is 8.49. The van der Waals surface area contributed by atoms with Gasteiger partial charge in [-0.15, -0.1) is 0 Å². The summed E-state index contributed by atoms with van der Waals surface area (Å²) in [6.07, 6.45) is 0. The molecule has 5 heteroatoms. The Kier molecular flexibility index (Phi) is 3.61. The van der Waals surface area contributed by atoms with E-state index in [2.05, 4.69) is 10.6 Å². The molecule has 0 aliphatic carbocycles. The van der Waals surface area contributed by atoms with Gasteiger partial charge < -0.3 is 10.6 Å². The quantitative estimate of drug-likeness (QED) is 0.842. The van der Waals surface area contributed by atoms with Crippen molar-refractivity contribution < 1.29 is 13.6 Å². The average Bonchev–Trinajstić information content (AvgIpc) is 2.69. The van der Waals surface area contributed by atoms with E-state index in [0.717, 1.165) is 12.6 Å². The predicted octanol–water partition coefficient (Wildman–Crippen LogP) is 1.61. The molecule has 2 rings (SSSR count). The maximum atomic E-state index is 13.5. The molecule has 1 aromatic rings. The Morgan fingerprint density at radius 1 is 1.33 bits per heavy atom. The van der Waals surface area contributed by atoms with Crippen molar-refractivity contribution >= 4 is 5.91 Å². The molecular formula is C13H16F2N2O. The Labute approximate surface area is 105 Å². The van der Waals surface area contributed by atoms with E-state index in [1.165, 1.54) is 13.0 Å². The predicted molar refractivity (Wildman–Crippen MR) is 64.4 cm³/mol. The highest BCUT2D eigenvalue weighted by atomic mass is 19.1. The van der Waals surface area contributed by atoms with Crippen LogP contribution in [0.15, 0.2) is 12.1 Å². The highest BCUT2D eigenvalue weighted by molar-refractivity contribution is 5.94. The van der Waals surface area contributed by atoms with Gasteiger partial charge in [-0.25, -0.2) is 8.78 Å². The molecule has 0 saturated carbocycles. The van der Waals surface area contributed by atoms with E-state index in [9.17, 15) is 13.6 Å². The van der Waals surface area contributed by atoms with Crippen LogP contribution in [-0.2, 0) is 0 Å². The van der Waals surface area contributed by atoms with Gasteiger partial charge in [0.15, 0.2) is 0 Å². The van der Waals surface area contributed by atoms with E-state index in [1.807, 2.05) is 6.92 Å². The van der Waals surface area contributed by atoms with Crippen molar-refractivity contribution in [3.8, 4) is 0 Å². The highest BCUT2D eigenvalue weighted by Crippen LogP contribution is 2.15. The number of hydrogen-bond donors (Lipinski definition) is 2. The molecule has 2 N–H and O–H groups in total. The minimum atomic E-state index is -0.825. The number of aryl methyl sites for hydroxylation is 1. The fourth-order valence-electron chi connectivity index (χ4n) is 2.08. The Morgan fingerprint density at radius 2 is 2.06 bits per heavy atom. The first kappa shape index (κ1) is 13.0. The Balaban J connectivity index is 2.16. The molecule has 1 fully saturated rings. The molecule has 1 aliphatic heterocycles. The third kappa shape index (κ3) is 2.51. The van der Waals surface area contributed by atoms with Gasteiger partial charge in [-0.1, -0.05) is 6.92 Å². The molecule has 2 unspecified atom stereocenters. The lowest BCUT2D eigenvalue weighted by Gasteiger charge is -2.16. The molecule has 0 bridgehead atoms. The van der Waals surface area contributed by atoms with E-state index < -0.39 is 17.5 Å². The van der Waals surface area contributed by atoms with Crippen LogP contribution in [-0.4, -0.2) is 25.0 Å². The number of carbonyl (C=O) groups is 1. The normalized spacial score (nSPS) is 23.1. The summed E-state index contributed by atoms with van der Waals surface area (Å²) >= 11 is 0. The molecular weight excluding hydrogens is 238 g/mol. The fourth-order valence-corrected chi connectivity index (χ4v) is 2.08. The van der Waals surface area contributed by atoms with E-state index in [-0.39, 0.29) is 17.2 Å². The van der Waals surface area contributed by atoms with E-state index in [0.29, 0.717) is 12.5 Å². The van der Waals surface area contributed by atoms with Gasteiger partial charge in [-0.2, -0.15) is 0 Å². The van der Waals surface area contributed by atoms with Gasteiger partial charge in [0.2, 0.25) is 0 Å². The maximum absolute atomic E-state index is 13.5. The van der Waals surface area contributed by atoms with Crippen molar-refractivity contribution in [2.45, 2.75) is 19.9 Å². The summed E-state index contributed by atoms with van der Waals surface area (Å²) in [6, 6.07) is 1.98. The van der Waals surface area contributed by atoms with Crippen molar-refractivity contribution in [2.24, 2.45) is 5.92 Å². The van der Waals surface area contributed by atoms with Crippen LogP contribution in [0.4, 0.5) is 8.78 Å². The Bertz CT molecular complexity index is 476. The molecule has 0 aromatic heterocycles. The molecule has 3 nitrogen and oxygen atoms in total. The number of benzene rings is 1. The highest BCUT2D eigenvalue weighted by Gasteiger charge is 2.26. The van der Waals surface area contributed by atoms with E-state index in [4.69, 9.17) is 0 Å². The summed E-state index contributed by atoms with van der Waals surface area (Å²) in [5, 5.41) is 5.91. The maximum Gasteiger partial charge on any atom is 0.254 e. The zero-order valence-electron chi connectivity index (χ0n) is 10.4. The largest absolute Gasteiger partial charge is 0.348 e. The number of rotatable bonds is 2. The average molecular weight is 254 g/mol. The van der Waals surface area contributed by atoms with Crippen LogP contribution in [0.2, 0.25) is 0 Å². The topological polar surface area (TPSA) is 41.1 Å². The number of hydrogen-bond acceptors (Lipinski definition) is 2. The molecule has 1 heterocycles. The fraction of sp³-hybridized carbons (Fsp3) is 0.462. The van der Waals surface area contributed by atoms with Crippen LogP contribution >= 0.6 is 0 Å². The lowest BCUT2D eigenvalue weighted by atomic mass is 10.0. The van der Waals surface area contributed by atoms with Gasteiger partial charge >= 0.3 is 0 Å². The lowest BCUT2D eigenvalue weighted by molar-refractivity contribution is 0.0928. The van der Waals surface area contributed by atoms with Gasteiger partial charge in [-0.05, 0) is 31.0 Å². The van der Waals surface area contributed by atoms with Crippen molar-refractivity contribution in [3.05, 3.63) is 34.9 Å². The summed E-state index contributed by atoms with van der Waals surface area (Å²) in [6.45, 7) is 5.02. The molecule has 18 heavy (non-hydrogen) atoms. The van der Waals surface area contributed by atoms with Gasteiger partial charge in [0.1, 0.15) is 11.6 Å². The van der Waals surface area contributed by atoms with Crippen molar-refractivity contribution in [1.29, 1.82) is 0 Å². The molecule has 2 atom stereocenters. The summed E-state index contributed by atoms with van der Waals surface area (Å²) in [5.41, 5.74) is 0.159. The van der Waals surface area contributed by atoms with E-state index >= 15 is 0 Å². The molecule has 0 spiro atoms. The van der Waals surface area contributed by atoms with Crippen LogP contribution in [0, 0.1) is 24.5 Å². The lowest BCUT2D eigenvalue weighted by Crippen LogP contribution is -2.39. The van der Waals surface area contributed by atoms with Gasteiger partial charge in [-0.3, -0.25) is 4.79 Å². The monoisotopic (exact) mass is 254 g/mol. The molecule has 1 amide bonds. The van der Waals surface area contributed by atoms with Crippen LogP contribution in [0.5, 0.6) is 0 Å². The summed E-state index contributed by atoms with van der Waals surface area (Å²) < 4.78 is 26.6. The first-order valence-electron chi connectivity index (χ1n) is 5.96. The second-order valence-electron chi connectivity index (χ2n) is 4.80. The molecule has 1 saturated heterocycles. The van der Waals surface area contributed by atoms with Crippen LogP contribution in [0.3, 0.4) is 0 Å². The number of halogens is 2. The van der Waals surface area contributed by atoms with Crippen molar-refractivity contribution in [2.75, 3.05) is 13.1 Å². The first-order valence-corrected chi connectivity index (χ1v) is 5.96. The summed E-state index contributed by atoms with van der Waals surface area (Å²) in [7, 11) is 0. The van der Waals surface area contributed by atoms with Crippen molar-refractivity contribution in [3.63, 3.8) is 0 Å². The summed E-state index contributed by atoms with van der Waals surface area (Å²) in [5.74, 6) is -1.65. The Hall–Kier alpha value is -1.49. The number of nitrogens with one attached hydrogen (secondary N) is 2. The van der Waals surface area contributed by atoms with E-state index in [1.54, 1.807) is 0 Å². The zero-order chi connectivity index (χ0) is 13.3. The molecule has 1 aromatic carbocycles. The SMILES string of the molecule is Cc1cc(C(=O)NC2CNCC2C)c(F)cc1F. The number of carbonyl (C=O) groups excluding carboxylic acids is 1. The smallest absolute Gasteiger partial charge is 0.254 e. The van der Waals surface area contributed by atoms with Gasteiger partial charge in [0, 0.05) is 18.7 Å². The second kappa shape index (κ2) is 5.02. The minimum absolute atomic E-state index is 0.0118. The van der Waals surface area contributed by atoms with Gasteiger partial charge in [0.05, 0.1) is 5.56 Å². The van der Waals surface area contributed by atoms with Crippen LogP contribution in [0.1, 0.15) is 22.8 Å². The zero-order valence-corrected chi connectivity index (χ0v) is 10.4. The second-order valence-corrected chi connectivity index (χ2v) is 4.80. The standard InChI is InChI=1S/C13H16F2N2O/c1-7-3-9(11(15)4-10(7)14)13(18)17-12-6-16-5-8(12)2/h3-4,8,12,16H,5-6H2,1-2H3,(H,17,18). The van der Waals surface area contributed by atoms with Crippen LogP contribution in [0.25, 0.3) is 0 Å². The third-order valence-corrected chi connectivity index (χ3v) is 3.33. The number of amides is 1. The Morgan fingerprint density at radius 3 is 2.67 bits per heavy atom. The molecule has 98 valence electrons. The van der Waals surface area contributed by atoms with Crippen molar-refractivity contribution in [1.82, 2.24) is 10.6 Å². The molecule has 1 aliphatic rings. The van der Waals surface area contributed by atoms with Crippen LogP contribution < -0.4 is 10.6 Å². The molecule has 0 radical (unpaired) electrons. The third-order valence-electron chi connectivity index (χ3n) is 3.33.